The van der Waals surface area contributed by atoms with Crippen LogP contribution in [0.3, 0.4) is 0 Å². The van der Waals surface area contributed by atoms with Crippen LogP contribution in [0.15, 0.2) is 54.7 Å². The van der Waals surface area contributed by atoms with E-state index in [0.29, 0.717) is 22.2 Å². The minimum absolute atomic E-state index is 0.310. The van der Waals surface area contributed by atoms with E-state index in [2.05, 4.69) is 10.3 Å². The van der Waals surface area contributed by atoms with Crippen LogP contribution in [0.4, 0.5) is 14.5 Å². The van der Waals surface area contributed by atoms with Crippen molar-refractivity contribution in [3.8, 4) is 0 Å². The second kappa shape index (κ2) is 5.28. The standard InChI is InChI=1S/C16H10F2N2O/c17-11-5-3-10(4-6-11)16(21)20-14-8-7-13(18)12-2-1-9-19-15(12)14/h1-9H,(H,20,21). The Morgan fingerprint density at radius 1 is 1.00 bits per heavy atom. The molecule has 0 fully saturated rings. The number of aromatic nitrogens is 1. The molecule has 0 unspecified atom stereocenters. The molecule has 0 bridgehead atoms. The summed E-state index contributed by atoms with van der Waals surface area (Å²) < 4.78 is 26.5. The number of hydrogen-bond acceptors (Lipinski definition) is 2. The fourth-order valence-corrected chi connectivity index (χ4v) is 2.03. The average molecular weight is 284 g/mol. The molecule has 1 amide bonds. The number of carbonyl (C=O) groups excluding carboxylic acids is 1. The monoisotopic (exact) mass is 284 g/mol. The van der Waals surface area contributed by atoms with Gasteiger partial charge in [-0.25, -0.2) is 8.78 Å². The van der Waals surface area contributed by atoms with Crippen LogP contribution in [0.25, 0.3) is 10.9 Å². The Balaban J connectivity index is 1.97. The van der Waals surface area contributed by atoms with Gasteiger partial charge in [0.2, 0.25) is 0 Å². The van der Waals surface area contributed by atoms with E-state index in [1.165, 1.54) is 42.6 Å². The molecular formula is C16H10F2N2O. The van der Waals surface area contributed by atoms with Gasteiger partial charge in [0.1, 0.15) is 11.6 Å². The molecule has 0 saturated carbocycles. The summed E-state index contributed by atoms with van der Waals surface area (Å²) in [5.74, 6) is -1.23. The molecule has 5 heteroatoms. The molecule has 1 heterocycles. The van der Waals surface area contributed by atoms with Gasteiger partial charge in [-0.2, -0.15) is 0 Å². The molecule has 1 aromatic heterocycles. The highest BCUT2D eigenvalue weighted by atomic mass is 19.1. The van der Waals surface area contributed by atoms with Crippen molar-refractivity contribution in [2.24, 2.45) is 0 Å². The fraction of sp³-hybridized carbons (Fsp3) is 0. The minimum Gasteiger partial charge on any atom is -0.320 e. The summed E-state index contributed by atoms with van der Waals surface area (Å²) in [5, 5.41) is 2.99. The van der Waals surface area contributed by atoms with Crippen molar-refractivity contribution >= 4 is 22.5 Å². The molecule has 1 N–H and O–H groups in total. The van der Waals surface area contributed by atoms with E-state index >= 15 is 0 Å². The molecule has 3 nitrogen and oxygen atoms in total. The van der Waals surface area contributed by atoms with Crippen molar-refractivity contribution in [3.05, 3.63) is 71.9 Å². The number of carbonyl (C=O) groups is 1. The predicted octanol–water partition coefficient (Wildman–Crippen LogP) is 3.77. The third-order valence-corrected chi connectivity index (χ3v) is 3.07. The first-order valence-corrected chi connectivity index (χ1v) is 6.25. The molecule has 3 rings (SSSR count). The van der Waals surface area contributed by atoms with E-state index in [1.54, 1.807) is 12.1 Å². The fourth-order valence-electron chi connectivity index (χ4n) is 2.03. The van der Waals surface area contributed by atoms with Gasteiger partial charge >= 0.3 is 0 Å². The quantitative estimate of drug-likeness (QED) is 0.778. The maximum atomic E-state index is 13.7. The van der Waals surface area contributed by atoms with Crippen LogP contribution in [-0.4, -0.2) is 10.9 Å². The second-order valence-electron chi connectivity index (χ2n) is 4.46. The van der Waals surface area contributed by atoms with Crippen LogP contribution in [0.5, 0.6) is 0 Å². The van der Waals surface area contributed by atoms with Crippen molar-refractivity contribution < 1.29 is 13.6 Å². The molecule has 0 radical (unpaired) electrons. The Kier molecular flexibility index (Phi) is 3.31. The number of hydrogen-bond donors (Lipinski definition) is 1. The largest absolute Gasteiger partial charge is 0.320 e. The second-order valence-corrected chi connectivity index (χ2v) is 4.46. The number of halogens is 2. The van der Waals surface area contributed by atoms with Crippen molar-refractivity contribution in [3.63, 3.8) is 0 Å². The van der Waals surface area contributed by atoms with Gasteiger partial charge in [0.05, 0.1) is 11.2 Å². The van der Waals surface area contributed by atoms with E-state index in [9.17, 15) is 13.6 Å². The van der Waals surface area contributed by atoms with Crippen LogP contribution < -0.4 is 5.32 Å². The maximum absolute atomic E-state index is 13.7. The summed E-state index contributed by atoms with van der Waals surface area (Å²) in [7, 11) is 0. The van der Waals surface area contributed by atoms with E-state index < -0.39 is 17.5 Å². The topological polar surface area (TPSA) is 42.0 Å². The number of benzene rings is 2. The lowest BCUT2D eigenvalue weighted by Gasteiger charge is -2.08. The summed E-state index contributed by atoms with van der Waals surface area (Å²) in [6, 6.07) is 11.1. The smallest absolute Gasteiger partial charge is 0.255 e. The zero-order chi connectivity index (χ0) is 14.8. The third-order valence-electron chi connectivity index (χ3n) is 3.07. The summed E-state index contributed by atoms with van der Waals surface area (Å²) in [5.41, 5.74) is 1.08. The van der Waals surface area contributed by atoms with E-state index in [0.717, 1.165) is 0 Å². The third kappa shape index (κ3) is 2.58. The number of rotatable bonds is 2. The molecule has 104 valence electrons. The first-order valence-electron chi connectivity index (χ1n) is 6.25. The van der Waals surface area contributed by atoms with Gasteiger partial charge in [0, 0.05) is 17.1 Å². The van der Waals surface area contributed by atoms with Crippen LogP contribution >= 0.6 is 0 Å². The Morgan fingerprint density at radius 2 is 1.76 bits per heavy atom. The molecule has 0 spiro atoms. The molecule has 2 aromatic carbocycles. The van der Waals surface area contributed by atoms with E-state index in [4.69, 9.17) is 0 Å². The number of pyridine rings is 1. The summed E-state index contributed by atoms with van der Waals surface area (Å²) in [6.45, 7) is 0. The SMILES string of the molecule is O=C(Nc1ccc(F)c2cccnc12)c1ccc(F)cc1. The summed E-state index contributed by atoms with van der Waals surface area (Å²) >= 11 is 0. The zero-order valence-corrected chi connectivity index (χ0v) is 10.8. The van der Waals surface area contributed by atoms with Crippen LogP contribution in [-0.2, 0) is 0 Å². The van der Waals surface area contributed by atoms with Crippen molar-refractivity contribution in [1.82, 2.24) is 4.98 Å². The van der Waals surface area contributed by atoms with E-state index in [1.807, 2.05) is 0 Å². The Hall–Kier alpha value is -2.82. The lowest BCUT2D eigenvalue weighted by Crippen LogP contribution is -2.12. The number of amides is 1. The van der Waals surface area contributed by atoms with Gasteiger partial charge in [0.15, 0.2) is 0 Å². The lowest BCUT2D eigenvalue weighted by molar-refractivity contribution is 0.102. The van der Waals surface area contributed by atoms with Gasteiger partial charge < -0.3 is 5.32 Å². The normalized spacial score (nSPS) is 10.6. The number of nitrogens with zero attached hydrogens (tertiary/aromatic N) is 1. The first kappa shape index (κ1) is 13.2. The van der Waals surface area contributed by atoms with Crippen molar-refractivity contribution in [2.75, 3.05) is 5.32 Å². The molecule has 3 aromatic rings. The molecular weight excluding hydrogens is 274 g/mol. The maximum Gasteiger partial charge on any atom is 0.255 e. The van der Waals surface area contributed by atoms with Crippen LogP contribution in [0.1, 0.15) is 10.4 Å². The van der Waals surface area contributed by atoms with E-state index in [-0.39, 0.29) is 0 Å². The summed E-state index contributed by atoms with van der Waals surface area (Å²) in [6.07, 6.45) is 1.52. The highest BCUT2D eigenvalue weighted by Gasteiger charge is 2.11. The summed E-state index contributed by atoms with van der Waals surface area (Å²) in [4.78, 5) is 16.2. The first-order chi connectivity index (χ1) is 10.1. The predicted molar refractivity (Wildman–Crippen MR) is 76.1 cm³/mol. The molecule has 21 heavy (non-hydrogen) atoms. The van der Waals surface area contributed by atoms with Crippen LogP contribution in [0.2, 0.25) is 0 Å². The molecule has 0 aliphatic rings. The molecule has 0 aliphatic heterocycles. The Morgan fingerprint density at radius 3 is 2.52 bits per heavy atom. The van der Waals surface area contributed by atoms with Gasteiger partial charge in [-0.1, -0.05) is 0 Å². The number of nitrogens with one attached hydrogen (secondary N) is 1. The Bertz CT molecular complexity index is 816. The number of fused-ring (bicyclic) bond motifs is 1. The molecule has 0 atom stereocenters. The van der Waals surface area contributed by atoms with Crippen molar-refractivity contribution in [2.45, 2.75) is 0 Å². The zero-order valence-electron chi connectivity index (χ0n) is 10.8. The van der Waals surface area contributed by atoms with Crippen LogP contribution in [0, 0.1) is 11.6 Å². The van der Waals surface area contributed by atoms with Gasteiger partial charge in [-0.15, -0.1) is 0 Å². The van der Waals surface area contributed by atoms with Gasteiger partial charge in [-0.3, -0.25) is 9.78 Å². The highest BCUT2D eigenvalue weighted by molar-refractivity contribution is 6.08. The highest BCUT2D eigenvalue weighted by Crippen LogP contribution is 2.24. The lowest BCUT2D eigenvalue weighted by atomic mass is 10.1. The Labute approximate surface area is 119 Å². The van der Waals surface area contributed by atoms with Crippen molar-refractivity contribution in [1.29, 1.82) is 0 Å². The molecule has 0 saturated heterocycles. The average Bonchev–Trinajstić information content (AvgIpc) is 2.51. The van der Waals surface area contributed by atoms with Gasteiger partial charge in [0.25, 0.3) is 5.91 Å². The molecule has 0 aliphatic carbocycles. The number of anilines is 1. The minimum atomic E-state index is -0.416. The van der Waals surface area contributed by atoms with Gasteiger partial charge in [-0.05, 0) is 48.5 Å².